The fourth-order valence-electron chi connectivity index (χ4n) is 4.53. The van der Waals surface area contributed by atoms with Gasteiger partial charge >= 0.3 is 0 Å². The van der Waals surface area contributed by atoms with Crippen LogP contribution >= 0.6 is 0 Å². The molecule has 2 aliphatic heterocycles. The van der Waals surface area contributed by atoms with Crippen molar-refractivity contribution in [2.75, 3.05) is 24.5 Å². The van der Waals surface area contributed by atoms with E-state index < -0.39 is 11.6 Å². The molecule has 0 spiro atoms. The smallest absolute Gasteiger partial charge is 0.228 e. The maximum absolute atomic E-state index is 13.8. The Hall–Kier alpha value is -3.57. The topological polar surface area (TPSA) is 65.3 Å². The molecule has 3 aromatic rings. The second-order valence-electron chi connectivity index (χ2n) is 8.75. The van der Waals surface area contributed by atoms with Crippen LogP contribution in [0.15, 0.2) is 42.5 Å². The van der Waals surface area contributed by atoms with E-state index in [1.54, 1.807) is 6.07 Å². The number of ether oxygens (including phenoxy) is 1. The number of nitriles is 1. The molecule has 0 amide bonds. The van der Waals surface area contributed by atoms with Crippen molar-refractivity contribution in [3.05, 3.63) is 76.5 Å². The highest BCUT2D eigenvalue weighted by molar-refractivity contribution is 5.44. The van der Waals surface area contributed by atoms with Crippen molar-refractivity contribution in [2.45, 2.75) is 38.8 Å². The van der Waals surface area contributed by atoms with Gasteiger partial charge in [0, 0.05) is 45.2 Å². The Morgan fingerprint density at radius 2 is 1.82 bits per heavy atom. The molecule has 0 atom stereocenters. The van der Waals surface area contributed by atoms with Crippen molar-refractivity contribution in [3.63, 3.8) is 0 Å². The van der Waals surface area contributed by atoms with Gasteiger partial charge in [-0.2, -0.15) is 10.2 Å². The Kier molecular flexibility index (Phi) is 6.37. The fraction of sp³-hybridized carbons (Fsp3) is 0.346. The minimum absolute atomic E-state index is 0.197. The SMILES string of the molecule is N#Cc1cccc(CN2CCc3nc(N4CCCCC4)nc(Oc4ccc(F)c(F)c4)c3C2)c1. The Morgan fingerprint density at radius 1 is 0.971 bits per heavy atom. The van der Waals surface area contributed by atoms with Crippen molar-refractivity contribution in [3.8, 4) is 17.7 Å². The second kappa shape index (κ2) is 9.74. The number of nitrogens with zero attached hydrogens (tertiary/aromatic N) is 5. The summed E-state index contributed by atoms with van der Waals surface area (Å²) in [6.07, 6.45) is 4.11. The van der Waals surface area contributed by atoms with Crippen LogP contribution in [0, 0.1) is 23.0 Å². The van der Waals surface area contributed by atoms with Gasteiger partial charge in [-0.1, -0.05) is 12.1 Å². The number of rotatable bonds is 5. The number of fused-ring (bicyclic) bond motifs is 1. The van der Waals surface area contributed by atoms with E-state index in [0.29, 0.717) is 30.5 Å². The van der Waals surface area contributed by atoms with E-state index >= 15 is 0 Å². The standard InChI is InChI=1S/C26H25F2N5O/c27-22-8-7-20(14-23(22)28)34-25-21-17-32(16-19-6-4-5-18(13-19)15-29)12-9-24(21)30-26(31-25)33-10-2-1-3-11-33/h4-8,13-14H,1-3,9-12,16-17H2. The largest absolute Gasteiger partial charge is 0.438 e. The van der Waals surface area contributed by atoms with Gasteiger partial charge in [-0.05, 0) is 49.1 Å². The molecule has 1 fully saturated rings. The van der Waals surface area contributed by atoms with Gasteiger partial charge in [0.15, 0.2) is 11.6 Å². The Balaban J connectivity index is 1.45. The van der Waals surface area contributed by atoms with Gasteiger partial charge in [-0.25, -0.2) is 13.8 Å². The van der Waals surface area contributed by atoms with E-state index in [1.807, 2.05) is 18.2 Å². The monoisotopic (exact) mass is 461 g/mol. The summed E-state index contributed by atoms with van der Waals surface area (Å²) in [5, 5.41) is 9.19. The third-order valence-electron chi connectivity index (χ3n) is 6.30. The summed E-state index contributed by atoms with van der Waals surface area (Å²) in [5.74, 6) is -0.672. The first-order chi connectivity index (χ1) is 16.6. The van der Waals surface area contributed by atoms with E-state index in [-0.39, 0.29) is 5.75 Å². The summed E-state index contributed by atoms with van der Waals surface area (Å²) < 4.78 is 33.3. The van der Waals surface area contributed by atoms with Gasteiger partial charge in [-0.3, -0.25) is 4.90 Å². The first-order valence-electron chi connectivity index (χ1n) is 11.6. The van der Waals surface area contributed by atoms with Crippen LogP contribution < -0.4 is 9.64 Å². The third-order valence-corrected chi connectivity index (χ3v) is 6.30. The Labute approximate surface area is 197 Å². The summed E-state index contributed by atoms with van der Waals surface area (Å²) in [7, 11) is 0. The molecule has 34 heavy (non-hydrogen) atoms. The molecule has 3 heterocycles. The van der Waals surface area contributed by atoms with Crippen LogP contribution in [0.1, 0.15) is 41.6 Å². The Bertz CT molecular complexity index is 1240. The molecule has 2 aliphatic rings. The lowest BCUT2D eigenvalue weighted by molar-refractivity contribution is 0.238. The molecule has 0 N–H and O–H groups in total. The number of halogens is 2. The quantitative estimate of drug-likeness (QED) is 0.535. The molecule has 0 saturated carbocycles. The molecule has 8 heteroatoms. The maximum atomic E-state index is 13.8. The van der Waals surface area contributed by atoms with Gasteiger partial charge < -0.3 is 9.64 Å². The van der Waals surface area contributed by atoms with Crippen LogP contribution in [0.2, 0.25) is 0 Å². The molecule has 1 aromatic heterocycles. The van der Waals surface area contributed by atoms with E-state index in [9.17, 15) is 14.0 Å². The first kappa shape index (κ1) is 22.2. The van der Waals surface area contributed by atoms with Crippen molar-refractivity contribution >= 4 is 5.95 Å². The molecule has 0 bridgehead atoms. The lowest BCUT2D eigenvalue weighted by Gasteiger charge is -2.32. The zero-order valence-corrected chi connectivity index (χ0v) is 18.8. The molecule has 2 aromatic carbocycles. The molecule has 5 rings (SSSR count). The van der Waals surface area contributed by atoms with Crippen LogP contribution in [0.5, 0.6) is 11.6 Å². The summed E-state index contributed by atoms with van der Waals surface area (Å²) in [4.78, 5) is 14.0. The second-order valence-corrected chi connectivity index (χ2v) is 8.75. The maximum Gasteiger partial charge on any atom is 0.228 e. The zero-order chi connectivity index (χ0) is 23.5. The van der Waals surface area contributed by atoms with Gasteiger partial charge in [0.1, 0.15) is 5.75 Å². The van der Waals surface area contributed by atoms with Gasteiger partial charge in [0.2, 0.25) is 11.8 Å². The molecule has 0 aliphatic carbocycles. The van der Waals surface area contributed by atoms with Crippen molar-refractivity contribution in [1.29, 1.82) is 5.26 Å². The number of hydrogen-bond acceptors (Lipinski definition) is 6. The Morgan fingerprint density at radius 3 is 2.62 bits per heavy atom. The normalized spacial score (nSPS) is 16.1. The van der Waals surface area contributed by atoms with Crippen molar-refractivity contribution in [2.24, 2.45) is 0 Å². The molecule has 6 nitrogen and oxygen atoms in total. The predicted molar refractivity (Wildman–Crippen MR) is 124 cm³/mol. The highest BCUT2D eigenvalue weighted by Gasteiger charge is 2.26. The summed E-state index contributed by atoms with van der Waals surface area (Å²) in [6.45, 7) is 3.83. The summed E-state index contributed by atoms with van der Waals surface area (Å²) in [6, 6.07) is 13.3. The average molecular weight is 462 g/mol. The average Bonchev–Trinajstić information content (AvgIpc) is 2.87. The van der Waals surface area contributed by atoms with Crippen molar-refractivity contribution < 1.29 is 13.5 Å². The number of aromatic nitrogens is 2. The molecular formula is C26H25F2N5O. The minimum Gasteiger partial charge on any atom is -0.438 e. The van der Waals surface area contributed by atoms with Gasteiger partial charge in [-0.15, -0.1) is 0 Å². The molecule has 1 saturated heterocycles. The van der Waals surface area contributed by atoms with Crippen LogP contribution in [0.3, 0.4) is 0 Å². The first-order valence-corrected chi connectivity index (χ1v) is 11.6. The van der Waals surface area contributed by atoms with E-state index in [2.05, 4.69) is 15.9 Å². The molecular weight excluding hydrogens is 436 g/mol. The van der Waals surface area contributed by atoms with E-state index in [0.717, 1.165) is 67.9 Å². The van der Waals surface area contributed by atoms with Crippen LogP contribution in [-0.2, 0) is 19.5 Å². The summed E-state index contributed by atoms with van der Waals surface area (Å²) in [5.41, 5.74) is 3.46. The van der Waals surface area contributed by atoms with Crippen LogP contribution in [0.25, 0.3) is 0 Å². The third kappa shape index (κ3) is 4.85. The fourth-order valence-corrected chi connectivity index (χ4v) is 4.53. The van der Waals surface area contributed by atoms with Gasteiger partial charge in [0.05, 0.1) is 22.9 Å². The van der Waals surface area contributed by atoms with Gasteiger partial charge in [0.25, 0.3) is 0 Å². The summed E-state index contributed by atoms with van der Waals surface area (Å²) >= 11 is 0. The number of anilines is 1. The molecule has 0 unspecified atom stereocenters. The van der Waals surface area contributed by atoms with E-state index in [1.165, 1.54) is 12.5 Å². The molecule has 174 valence electrons. The number of benzene rings is 2. The number of piperidine rings is 1. The highest BCUT2D eigenvalue weighted by atomic mass is 19.2. The zero-order valence-electron chi connectivity index (χ0n) is 18.8. The van der Waals surface area contributed by atoms with E-state index in [4.69, 9.17) is 14.7 Å². The lowest BCUT2D eigenvalue weighted by Crippen LogP contribution is -2.34. The highest BCUT2D eigenvalue weighted by Crippen LogP contribution is 2.33. The number of hydrogen-bond donors (Lipinski definition) is 0. The lowest BCUT2D eigenvalue weighted by atomic mass is 10.0. The van der Waals surface area contributed by atoms with Crippen LogP contribution in [-0.4, -0.2) is 34.5 Å². The minimum atomic E-state index is -0.962. The molecule has 0 radical (unpaired) electrons. The predicted octanol–water partition coefficient (Wildman–Crippen LogP) is 4.97. The van der Waals surface area contributed by atoms with Crippen LogP contribution in [0.4, 0.5) is 14.7 Å². The van der Waals surface area contributed by atoms with Crippen molar-refractivity contribution in [1.82, 2.24) is 14.9 Å².